The van der Waals surface area contributed by atoms with Gasteiger partial charge in [0.15, 0.2) is 0 Å². The molecule has 17 heavy (non-hydrogen) atoms. The largest absolute Gasteiger partial charge is 0.481 e. The zero-order chi connectivity index (χ0) is 13.1. The first-order valence-corrected chi connectivity index (χ1v) is 7.05. The lowest BCUT2D eigenvalue weighted by molar-refractivity contribution is -0.138. The van der Waals surface area contributed by atoms with E-state index in [0.717, 1.165) is 18.3 Å². The molecule has 0 amide bonds. The fourth-order valence-corrected chi connectivity index (χ4v) is 3.23. The van der Waals surface area contributed by atoms with Crippen molar-refractivity contribution < 1.29 is 9.90 Å². The quantitative estimate of drug-likeness (QED) is 0.750. The molecule has 0 heterocycles. The highest BCUT2D eigenvalue weighted by Gasteiger charge is 2.39. The van der Waals surface area contributed by atoms with Crippen LogP contribution in [0.5, 0.6) is 0 Å². The van der Waals surface area contributed by atoms with Gasteiger partial charge in [-0.3, -0.25) is 4.79 Å². The van der Waals surface area contributed by atoms with Gasteiger partial charge >= 0.3 is 5.97 Å². The Morgan fingerprint density at radius 3 is 2.53 bits per heavy atom. The smallest absolute Gasteiger partial charge is 0.303 e. The zero-order valence-corrected chi connectivity index (χ0v) is 11.8. The molecular weight excluding hydrogens is 212 g/mol. The van der Waals surface area contributed by atoms with Crippen LogP contribution in [0.25, 0.3) is 0 Å². The van der Waals surface area contributed by atoms with E-state index in [2.05, 4.69) is 27.7 Å². The van der Waals surface area contributed by atoms with E-state index in [1.807, 2.05) is 0 Å². The Hall–Kier alpha value is -0.530. The summed E-state index contributed by atoms with van der Waals surface area (Å²) in [6.07, 6.45) is 6.58. The summed E-state index contributed by atoms with van der Waals surface area (Å²) in [7, 11) is 0. The maximum atomic E-state index is 10.6. The number of hydrogen-bond donors (Lipinski definition) is 1. The first kappa shape index (κ1) is 14.5. The van der Waals surface area contributed by atoms with Gasteiger partial charge < -0.3 is 5.11 Å². The molecule has 0 bridgehead atoms. The van der Waals surface area contributed by atoms with E-state index >= 15 is 0 Å². The van der Waals surface area contributed by atoms with Gasteiger partial charge in [-0.25, -0.2) is 0 Å². The van der Waals surface area contributed by atoms with Gasteiger partial charge in [-0.05, 0) is 42.4 Å². The van der Waals surface area contributed by atoms with E-state index in [9.17, 15) is 4.79 Å². The minimum Gasteiger partial charge on any atom is -0.481 e. The maximum Gasteiger partial charge on any atom is 0.303 e. The van der Waals surface area contributed by atoms with Gasteiger partial charge in [0.2, 0.25) is 0 Å². The van der Waals surface area contributed by atoms with Crippen molar-refractivity contribution in [3.05, 3.63) is 0 Å². The number of carboxylic acid groups (broad SMARTS) is 1. The van der Waals surface area contributed by atoms with E-state index < -0.39 is 5.97 Å². The average Bonchev–Trinajstić information content (AvgIpc) is 2.43. The normalized spacial score (nSPS) is 29.2. The lowest BCUT2D eigenvalue weighted by Crippen LogP contribution is -2.23. The molecule has 0 radical (unpaired) electrons. The monoisotopic (exact) mass is 240 g/mol. The molecule has 100 valence electrons. The Labute approximate surface area is 106 Å². The summed E-state index contributed by atoms with van der Waals surface area (Å²) in [5.74, 6) is 1.35. The van der Waals surface area contributed by atoms with Crippen molar-refractivity contribution in [1.82, 2.24) is 0 Å². The standard InChI is InChI=1S/C15H28O2/c1-11(10-14(16)17)6-5-7-13-9-8-12(2)15(13,3)4/h11-13H,5-10H2,1-4H3,(H,16,17). The molecule has 3 atom stereocenters. The average molecular weight is 240 g/mol. The van der Waals surface area contributed by atoms with Crippen LogP contribution in [0.4, 0.5) is 0 Å². The lowest BCUT2D eigenvalue weighted by Gasteiger charge is -2.31. The summed E-state index contributed by atoms with van der Waals surface area (Å²) < 4.78 is 0. The molecule has 0 saturated heterocycles. The summed E-state index contributed by atoms with van der Waals surface area (Å²) in [5.41, 5.74) is 0.482. The van der Waals surface area contributed by atoms with Gasteiger partial charge in [0.1, 0.15) is 0 Å². The van der Waals surface area contributed by atoms with Crippen LogP contribution in [0.2, 0.25) is 0 Å². The van der Waals surface area contributed by atoms with Gasteiger partial charge in [0.25, 0.3) is 0 Å². The summed E-state index contributed by atoms with van der Waals surface area (Å²) in [5, 5.41) is 8.71. The predicted octanol–water partition coefficient (Wildman–Crippen LogP) is 4.34. The molecule has 1 fully saturated rings. The van der Waals surface area contributed by atoms with E-state index in [4.69, 9.17) is 5.11 Å². The molecule has 2 heteroatoms. The third-order valence-electron chi connectivity index (χ3n) is 5.04. The van der Waals surface area contributed by atoms with Crippen molar-refractivity contribution in [2.24, 2.45) is 23.2 Å². The molecule has 0 aromatic carbocycles. The van der Waals surface area contributed by atoms with Gasteiger partial charge in [-0.1, -0.05) is 40.5 Å². The molecule has 1 N–H and O–H groups in total. The fraction of sp³-hybridized carbons (Fsp3) is 0.933. The minimum atomic E-state index is -0.660. The van der Waals surface area contributed by atoms with Crippen LogP contribution in [0, 0.1) is 23.2 Å². The molecule has 0 spiro atoms. The van der Waals surface area contributed by atoms with Crippen LogP contribution in [-0.2, 0) is 4.79 Å². The second-order valence-corrected chi connectivity index (χ2v) is 6.63. The van der Waals surface area contributed by atoms with E-state index in [-0.39, 0.29) is 0 Å². The summed E-state index contributed by atoms with van der Waals surface area (Å²) in [6.45, 7) is 9.22. The molecule has 1 rings (SSSR count). The van der Waals surface area contributed by atoms with Gasteiger partial charge in [0, 0.05) is 6.42 Å². The number of hydrogen-bond acceptors (Lipinski definition) is 1. The van der Waals surface area contributed by atoms with Gasteiger partial charge in [0.05, 0.1) is 0 Å². The van der Waals surface area contributed by atoms with Crippen molar-refractivity contribution in [3.8, 4) is 0 Å². The van der Waals surface area contributed by atoms with Crippen LogP contribution < -0.4 is 0 Å². The Balaban J connectivity index is 2.25. The van der Waals surface area contributed by atoms with Crippen molar-refractivity contribution >= 4 is 5.97 Å². The molecule has 0 aromatic heterocycles. The molecular formula is C15H28O2. The topological polar surface area (TPSA) is 37.3 Å². The summed E-state index contributed by atoms with van der Waals surface area (Å²) in [6, 6.07) is 0. The Kier molecular flexibility index (Phi) is 5.03. The highest BCUT2D eigenvalue weighted by molar-refractivity contribution is 5.66. The van der Waals surface area contributed by atoms with E-state index in [0.29, 0.717) is 17.8 Å². The molecule has 1 aliphatic carbocycles. The second kappa shape index (κ2) is 5.88. The lowest BCUT2D eigenvalue weighted by atomic mass is 9.74. The SMILES string of the molecule is CC(CCCC1CCC(C)C1(C)C)CC(=O)O. The number of aliphatic carboxylic acids is 1. The Morgan fingerprint density at radius 2 is 2.06 bits per heavy atom. The second-order valence-electron chi connectivity index (χ2n) is 6.63. The number of rotatable bonds is 6. The van der Waals surface area contributed by atoms with Crippen molar-refractivity contribution in [3.63, 3.8) is 0 Å². The van der Waals surface area contributed by atoms with Crippen molar-refractivity contribution in [2.75, 3.05) is 0 Å². The fourth-order valence-electron chi connectivity index (χ4n) is 3.23. The van der Waals surface area contributed by atoms with Crippen LogP contribution in [0.1, 0.15) is 66.2 Å². The summed E-state index contributed by atoms with van der Waals surface area (Å²) >= 11 is 0. The third kappa shape index (κ3) is 4.01. The highest BCUT2D eigenvalue weighted by Crippen LogP contribution is 2.49. The number of carboxylic acids is 1. The third-order valence-corrected chi connectivity index (χ3v) is 5.04. The molecule has 3 unspecified atom stereocenters. The van der Waals surface area contributed by atoms with Crippen LogP contribution in [-0.4, -0.2) is 11.1 Å². The minimum absolute atomic E-state index is 0.324. The first-order valence-electron chi connectivity index (χ1n) is 7.05. The van der Waals surface area contributed by atoms with Gasteiger partial charge in [-0.15, -0.1) is 0 Å². The highest BCUT2D eigenvalue weighted by atomic mass is 16.4. The maximum absolute atomic E-state index is 10.6. The molecule has 0 aliphatic heterocycles. The van der Waals surface area contributed by atoms with Crippen LogP contribution in [0.3, 0.4) is 0 Å². The molecule has 2 nitrogen and oxygen atoms in total. The Morgan fingerprint density at radius 1 is 1.41 bits per heavy atom. The molecule has 0 aromatic rings. The zero-order valence-electron chi connectivity index (χ0n) is 11.8. The molecule has 1 saturated carbocycles. The van der Waals surface area contributed by atoms with Crippen LogP contribution >= 0.6 is 0 Å². The van der Waals surface area contributed by atoms with Crippen molar-refractivity contribution in [2.45, 2.75) is 66.2 Å². The molecule has 1 aliphatic rings. The predicted molar refractivity (Wildman–Crippen MR) is 70.9 cm³/mol. The van der Waals surface area contributed by atoms with Gasteiger partial charge in [-0.2, -0.15) is 0 Å². The van der Waals surface area contributed by atoms with Crippen LogP contribution in [0.15, 0.2) is 0 Å². The summed E-state index contributed by atoms with van der Waals surface area (Å²) in [4.78, 5) is 10.6. The van der Waals surface area contributed by atoms with Crippen molar-refractivity contribution in [1.29, 1.82) is 0 Å². The number of carbonyl (C=O) groups is 1. The first-order chi connectivity index (χ1) is 7.84. The Bertz CT molecular complexity index is 258. The van der Waals surface area contributed by atoms with E-state index in [1.54, 1.807) is 0 Å². The van der Waals surface area contributed by atoms with E-state index in [1.165, 1.54) is 25.7 Å².